The quantitative estimate of drug-likeness (QED) is 0.387. The van der Waals surface area contributed by atoms with Crippen LogP contribution in [0.4, 0.5) is 4.39 Å². The monoisotopic (exact) mass is 253 g/mol. The molecular weight excluding hydrogens is 241 g/mol. The Labute approximate surface area is 103 Å². The van der Waals surface area contributed by atoms with Crippen molar-refractivity contribution in [2.45, 2.75) is 20.3 Å². The van der Waals surface area contributed by atoms with Gasteiger partial charge in [0.05, 0.1) is 4.88 Å². The van der Waals surface area contributed by atoms with Crippen LogP contribution < -0.4 is 0 Å². The van der Waals surface area contributed by atoms with Gasteiger partial charge < -0.3 is 5.11 Å². The van der Waals surface area contributed by atoms with Crippen LogP contribution in [0.5, 0.6) is 0 Å². The predicted molar refractivity (Wildman–Crippen MR) is 63.3 cm³/mol. The molecular formula is C12H12FNO2S. The number of ketones is 1. The Morgan fingerprint density at radius 2 is 2.24 bits per heavy atom. The Morgan fingerprint density at radius 1 is 1.59 bits per heavy atom. The molecule has 0 aromatic carbocycles. The third-order valence-corrected chi connectivity index (χ3v) is 2.90. The van der Waals surface area contributed by atoms with Gasteiger partial charge in [-0.2, -0.15) is 9.65 Å². The first-order valence-electron chi connectivity index (χ1n) is 5.08. The Morgan fingerprint density at radius 3 is 2.65 bits per heavy atom. The maximum Gasteiger partial charge on any atom is 0.216 e. The highest BCUT2D eigenvalue weighted by Crippen LogP contribution is 2.21. The summed E-state index contributed by atoms with van der Waals surface area (Å²) in [7, 11) is 0. The molecule has 0 unspecified atom stereocenters. The van der Waals surface area contributed by atoms with Gasteiger partial charge in [0.25, 0.3) is 0 Å². The highest BCUT2D eigenvalue weighted by atomic mass is 32.1. The van der Waals surface area contributed by atoms with Crippen LogP contribution in [-0.2, 0) is 0 Å². The number of hydrogen-bond acceptors (Lipinski definition) is 4. The fraction of sp³-hybridized carbons (Fsp3) is 0.333. The summed E-state index contributed by atoms with van der Waals surface area (Å²) < 4.78 is 12.8. The second kappa shape index (κ2) is 5.60. The SMILES string of the molecule is CC(C)C/C(O)=C(\C#N)C(=O)c1ccc(F)s1. The molecule has 1 heterocycles. The van der Waals surface area contributed by atoms with Crippen molar-refractivity contribution < 1.29 is 14.3 Å². The smallest absolute Gasteiger partial charge is 0.216 e. The maximum atomic E-state index is 12.8. The summed E-state index contributed by atoms with van der Waals surface area (Å²) in [6.07, 6.45) is 0.252. The zero-order valence-corrected chi connectivity index (χ0v) is 10.3. The number of aliphatic hydroxyl groups is 1. The number of halogens is 1. The van der Waals surface area contributed by atoms with E-state index in [4.69, 9.17) is 5.26 Å². The molecule has 17 heavy (non-hydrogen) atoms. The molecule has 0 radical (unpaired) electrons. The molecule has 0 aliphatic heterocycles. The summed E-state index contributed by atoms with van der Waals surface area (Å²) >= 11 is 0.663. The molecule has 90 valence electrons. The van der Waals surface area contributed by atoms with Gasteiger partial charge >= 0.3 is 0 Å². The third-order valence-electron chi connectivity index (χ3n) is 2.03. The fourth-order valence-electron chi connectivity index (χ4n) is 1.29. The van der Waals surface area contributed by atoms with Gasteiger partial charge in [-0.15, -0.1) is 11.3 Å². The summed E-state index contributed by atoms with van der Waals surface area (Å²) in [5.74, 6) is -0.730. The van der Waals surface area contributed by atoms with Crippen molar-refractivity contribution in [2.75, 3.05) is 0 Å². The number of thiophene rings is 1. The van der Waals surface area contributed by atoms with E-state index >= 15 is 0 Å². The van der Waals surface area contributed by atoms with Crippen LogP contribution in [0.2, 0.25) is 0 Å². The van der Waals surface area contributed by atoms with Crippen LogP contribution in [-0.4, -0.2) is 10.9 Å². The predicted octanol–water partition coefficient (Wildman–Crippen LogP) is 3.45. The van der Waals surface area contributed by atoms with E-state index in [1.165, 1.54) is 6.07 Å². The summed E-state index contributed by atoms with van der Waals surface area (Å²) in [6, 6.07) is 4.15. The fourth-order valence-corrected chi connectivity index (χ4v) is 1.97. The minimum Gasteiger partial charge on any atom is -0.511 e. The van der Waals surface area contributed by atoms with Gasteiger partial charge in [-0.05, 0) is 18.1 Å². The molecule has 5 heteroatoms. The van der Waals surface area contributed by atoms with Gasteiger partial charge in [0.1, 0.15) is 17.4 Å². The van der Waals surface area contributed by atoms with Crippen molar-refractivity contribution in [3.05, 3.63) is 33.5 Å². The first-order chi connectivity index (χ1) is 7.95. The van der Waals surface area contributed by atoms with E-state index in [0.717, 1.165) is 6.07 Å². The van der Waals surface area contributed by atoms with Crippen molar-refractivity contribution >= 4 is 17.1 Å². The number of rotatable bonds is 4. The Balaban J connectivity index is 3.04. The van der Waals surface area contributed by atoms with Gasteiger partial charge in [-0.3, -0.25) is 4.79 Å². The molecule has 0 atom stereocenters. The second-order valence-corrected chi connectivity index (χ2v) is 5.00. The number of nitriles is 1. The average molecular weight is 253 g/mol. The number of carbonyl (C=O) groups excluding carboxylic acids is 1. The molecule has 1 N–H and O–H groups in total. The molecule has 1 aromatic rings. The van der Waals surface area contributed by atoms with Crippen LogP contribution >= 0.6 is 11.3 Å². The van der Waals surface area contributed by atoms with Gasteiger partial charge in [0.2, 0.25) is 5.78 Å². The number of carbonyl (C=O) groups is 1. The summed E-state index contributed by atoms with van der Waals surface area (Å²) in [5, 5.41) is 18.0. The highest BCUT2D eigenvalue weighted by Gasteiger charge is 2.19. The molecule has 0 aliphatic rings. The van der Waals surface area contributed by atoms with Crippen LogP contribution in [0, 0.1) is 22.4 Å². The number of Topliss-reactive ketones (excluding diaryl/α,β-unsaturated/α-hetero) is 1. The minimum atomic E-state index is -0.625. The van der Waals surface area contributed by atoms with Crippen molar-refractivity contribution in [1.29, 1.82) is 5.26 Å². The van der Waals surface area contributed by atoms with Crippen molar-refractivity contribution in [3.63, 3.8) is 0 Å². The van der Waals surface area contributed by atoms with E-state index in [0.29, 0.717) is 11.3 Å². The van der Waals surface area contributed by atoms with Gasteiger partial charge in [0.15, 0.2) is 5.13 Å². The highest BCUT2D eigenvalue weighted by molar-refractivity contribution is 7.12. The van der Waals surface area contributed by atoms with Crippen LogP contribution in [0.1, 0.15) is 29.9 Å². The Bertz CT molecular complexity index is 497. The van der Waals surface area contributed by atoms with Crippen LogP contribution in [0.25, 0.3) is 0 Å². The minimum absolute atomic E-state index is 0.120. The maximum absolute atomic E-state index is 12.8. The van der Waals surface area contributed by atoms with E-state index in [2.05, 4.69) is 0 Å². The molecule has 1 aromatic heterocycles. The van der Waals surface area contributed by atoms with Crippen molar-refractivity contribution in [1.82, 2.24) is 0 Å². The lowest BCUT2D eigenvalue weighted by molar-refractivity contribution is 0.103. The Hall–Kier alpha value is -1.67. The molecule has 1 rings (SSSR count). The standard InChI is InChI=1S/C12H12FNO2S/c1-7(2)5-9(15)8(6-14)12(16)10-3-4-11(13)17-10/h3-4,7,15H,5H2,1-2H3/b9-8-. The van der Waals surface area contributed by atoms with Crippen LogP contribution in [0.15, 0.2) is 23.5 Å². The molecule has 0 amide bonds. The molecule has 0 fully saturated rings. The number of hydrogen-bond donors (Lipinski definition) is 1. The number of nitrogens with zero attached hydrogens (tertiary/aromatic N) is 1. The molecule has 0 saturated carbocycles. The first kappa shape index (κ1) is 13.4. The van der Waals surface area contributed by atoms with Gasteiger partial charge in [-0.1, -0.05) is 13.8 Å². The van der Waals surface area contributed by atoms with E-state index in [1.54, 1.807) is 6.07 Å². The largest absolute Gasteiger partial charge is 0.511 e. The summed E-state index contributed by atoms with van der Waals surface area (Å²) in [4.78, 5) is 11.9. The van der Waals surface area contributed by atoms with E-state index in [9.17, 15) is 14.3 Å². The molecule has 0 saturated heterocycles. The second-order valence-electron chi connectivity index (χ2n) is 3.96. The third kappa shape index (κ3) is 3.40. The number of aliphatic hydroxyl groups excluding tert-OH is 1. The van der Waals surface area contributed by atoms with Gasteiger partial charge in [-0.25, -0.2) is 0 Å². The summed E-state index contributed by atoms with van der Waals surface area (Å²) in [5.41, 5.74) is -0.305. The zero-order chi connectivity index (χ0) is 13.0. The normalized spacial score (nSPS) is 12.2. The Kier molecular flexibility index (Phi) is 4.41. The molecule has 3 nitrogen and oxygen atoms in total. The topological polar surface area (TPSA) is 61.1 Å². The lowest BCUT2D eigenvalue weighted by atomic mass is 10.0. The van der Waals surface area contributed by atoms with E-state index in [-0.39, 0.29) is 28.5 Å². The lowest BCUT2D eigenvalue weighted by Crippen LogP contribution is -2.05. The summed E-state index contributed by atoms with van der Waals surface area (Å²) in [6.45, 7) is 3.72. The van der Waals surface area contributed by atoms with Crippen molar-refractivity contribution in [3.8, 4) is 6.07 Å². The van der Waals surface area contributed by atoms with Gasteiger partial charge in [0, 0.05) is 6.42 Å². The van der Waals surface area contributed by atoms with E-state index in [1.807, 2.05) is 13.8 Å². The molecule has 0 aliphatic carbocycles. The van der Waals surface area contributed by atoms with Crippen molar-refractivity contribution in [2.24, 2.45) is 5.92 Å². The lowest BCUT2D eigenvalue weighted by Gasteiger charge is -2.05. The first-order valence-corrected chi connectivity index (χ1v) is 5.89. The average Bonchev–Trinajstić information content (AvgIpc) is 2.64. The molecule has 0 spiro atoms. The van der Waals surface area contributed by atoms with E-state index < -0.39 is 10.9 Å². The molecule has 0 bridgehead atoms. The zero-order valence-electron chi connectivity index (χ0n) is 9.53. The number of allylic oxidation sites excluding steroid dienone is 2. The van der Waals surface area contributed by atoms with Crippen LogP contribution in [0.3, 0.4) is 0 Å².